The van der Waals surface area contributed by atoms with Crippen molar-refractivity contribution in [1.29, 1.82) is 0 Å². The van der Waals surface area contributed by atoms with Gasteiger partial charge in [0, 0.05) is 50.4 Å². The van der Waals surface area contributed by atoms with Gasteiger partial charge in [0.2, 0.25) is 0 Å². The highest BCUT2D eigenvalue weighted by molar-refractivity contribution is 6.07. The van der Waals surface area contributed by atoms with E-state index in [4.69, 9.17) is 0 Å². The molecule has 0 amide bonds. The van der Waals surface area contributed by atoms with Gasteiger partial charge in [0.25, 0.3) is 0 Å². The Bertz CT molecular complexity index is 7400. The molecular weight excluding hydrogens is 1470 g/mol. The molecule has 0 radical (unpaired) electrons. The normalized spacial score (nSPS) is 14.1. The van der Waals surface area contributed by atoms with Crippen molar-refractivity contribution in [3.63, 3.8) is 0 Å². The molecule has 0 saturated heterocycles. The highest BCUT2D eigenvalue weighted by atomic mass is 15.1. The molecule has 578 valence electrons. The number of fused-ring (bicyclic) bond motifs is 14. The monoisotopic (exact) mass is 1560 g/mol. The van der Waals surface area contributed by atoms with Crippen molar-refractivity contribution in [2.24, 2.45) is 0 Å². The molecule has 0 bridgehead atoms. The van der Waals surface area contributed by atoms with Gasteiger partial charge in [-0.25, -0.2) is 0 Å². The standard InChI is InChI=1S/C120H88N2/c1-117(2)109-46-20-17-40-101(109)104-65-55-81(73-112(104)117)77-49-58-88(59-50-77)121(89-62-53-80(54-63-89)98-44-26-45-108-103-42-19-22-48-111(103)119(5,6)116(98)108)91-35-24-30-84(72-91)96-69-70-97(100-39-16-15-38-99(96)100)85-57-67-106-107-68-64-93(76-115(107)120(114(106)75-85,86-31-9-7-10-32-86)87-33-11-8-12-34-87)122(92-36-23-29-83(71-92)95-43-25-28-79-27-13-14-37-94(79)95)90-60-51-78(52-61-90)82-56-66-105-102-41-18-21-47-110(102)118(3,4)113(105)74-82/h7-76H,1-6H3. The lowest BCUT2D eigenvalue weighted by atomic mass is 9.67. The summed E-state index contributed by atoms with van der Waals surface area (Å²) in [4.78, 5) is 4.93. The highest BCUT2D eigenvalue weighted by Crippen LogP contribution is 2.60. The second-order valence-corrected chi connectivity index (χ2v) is 35.4. The highest BCUT2D eigenvalue weighted by Gasteiger charge is 2.47. The summed E-state index contributed by atoms with van der Waals surface area (Å²) in [6.07, 6.45) is 0. The van der Waals surface area contributed by atoms with E-state index in [9.17, 15) is 0 Å². The van der Waals surface area contributed by atoms with Crippen molar-refractivity contribution in [3.8, 4) is 111 Å². The second kappa shape index (κ2) is 28.0. The van der Waals surface area contributed by atoms with Crippen molar-refractivity contribution in [3.05, 3.63) is 480 Å². The van der Waals surface area contributed by atoms with Gasteiger partial charge >= 0.3 is 0 Å². The third kappa shape index (κ3) is 11.2. The van der Waals surface area contributed by atoms with Crippen molar-refractivity contribution in [2.75, 3.05) is 9.80 Å². The molecule has 19 aromatic rings. The molecule has 0 heterocycles. The van der Waals surface area contributed by atoms with Crippen LogP contribution >= 0.6 is 0 Å². The van der Waals surface area contributed by atoms with Crippen LogP contribution in [-0.2, 0) is 21.7 Å². The van der Waals surface area contributed by atoms with Crippen LogP contribution in [0.1, 0.15) is 97.2 Å². The van der Waals surface area contributed by atoms with Crippen LogP contribution in [0.25, 0.3) is 133 Å². The average molecular weight is 1560 g/mol. The van der Waals surface area contributed by atoms with Crippen LogP contribution in [0.3, 0.4) is 0 Å². The number of hydrogen-bond donors (Lipinski definition) is 0. The van der Waals surface area contributed by atoms with Crippen molar-refractivity contribution < 1.29 is 0 Å². The number of benzene rings is 19. The summed E-state index contributed by atoms with van der Waals surface area (Å²) in [7, 11) is 0. The predicted molar refractivity (Wildman–Crippen MR) is 513 cm³/mol. The van der Waals surface area contributed by atoms with E-state index in [1.54, 1.807) is 0 Å². The smallest absolute Gasteiger partial charge is 0.0714 e. The molecule has 0 unspecified atom stereocenters. The summed E-state index contributed by atoms with van der Waals surface area (Å²) in [5.41, 5.74) is 43.2. The molecule has 4 aliphatic rings. The molecule has 23 rings (SSSR count). The molecule has 0 spiro atoms. The Kier molecular flexibility index (Phi) is 16.6. The molecule has 122 heavy (non-hydrogen) atoms. The number of anilines is 6. The Balaban J connectivity index is 0.636. The van der Waals surface area contributed by atoms with Gasteiger partial charge in [0.05, 0.1) is 5.41 Å². The third-order valence-corrected chi connectivity index (χ3v) is 27.7. The molecule has 0 aromatic heterocycles. The van der Waals surface area contributed by atoms with E-state index in [2.05, 4.69) is 476 Å². The molecule has 0 aliphatic heterocycles. The van der Waals surface area contributed by atoms with Crippen molar-refractivity contribution in [1.82, 2.24) is 0 Å². The minimum atomic E-state index is -0.736. The van der Waals surface area contributed by atoms with Gasteiger partial charge in [0.15, 0.2) is 0 Å². The Morgan fingerprint density at radius 2 is 0.475 bits per heavy atom. The minimum absolute atomic E-state index is 0.103. The third-order valence-electron chi connectivity index (χ3n) is 27.7. The molecule has 2 nitrogen and oxygen atoms in total. The lowest BCUT2D eigenvalue weighted by Crippen LogP contribution is -2.28. The largest absolute Gasteiger partial charge is 0.310 e. The van der Waals surface area contributed by atoms with Crippen LogP contribution in [-0.4, -0.2) is 0 Å². The molecule has 0 atom stereocenters. The van der Waals surface area contributed by atoms with E-state index in [1.165, 1.54) is 172 Å². The summed E-state index contributed by atoms with van der Waals surface area (Å²) >= 11 is 0. The Morgan fingerprint density at radius 1 is 0.164 bits per heavy atom. The molecule has 2 heteroatoms. The van der Waals surface area contributed by atoms with Gasteiger partial charge in [-0.15, -0.1) is 0 Å². The fraction of sp³-hybridized carbons (Fsp3) is 0.0833. The Morgan fingerprint density at radius 3 is 1.01 bits per heavy atom. The summed E-state index contributed by atoms with van der Waals surface area (Å²) in [5, 5.41) is 4.83. The van der Waals surface area contributed by atoms with Crippen LogP contribution in [0.2, 0.25) is 0 Å². The van der Waals surface area contributed by atoms with Gasteiger partial charge in [-0.3, -0.25) is 0 Å². The number of nitrogens with zero attached hydrogens (tertiary/aromatic N) is 2. The molecule has 4 aliphatic carbocycles. The van der Waals surface area contributed by atoms with Crippen LogP contribution in [0, 0.1) is 0 Å². The SMILES string of the molecule is CC1(C)c2ccccc2-c2ccc(-c3ccc(N(c4ccc(-c5cccc6c5C(C)(C)c5ccccc5-6)cc4)c4cccc(-c5ccc(-c6ccc7c(c6)C(c6ccccc6)(c6ccccc6)c6cc(N(c8ccc(-c9ccc%10c(c9)C(C)(C)c9ccccc9-%10)cc8)c8cccc(-c9cccc%10ccccc9%10)c8)ccc6-7)c6ccccc56)c4)cc3)cc21. The van der Waals surface area contributed by atoms with Gasteiger partial charge in [-0.05, 0) is 279 Å². The van der Waals surface area contributed by atoms with E-state index in [1.807, 2.05) is 0 Å². The van der Waals surface area contributed by atoms with E-state index in [0.29, 0.717) is 0 Å². The minimum Gasteiger partial charge on any atom is -0.310 e. The predicted octanol–water partition coefficient (Wildman–Crippen LogP) is 32.2. The average Bonchev–Trinajstić information content (AvgIpc) is 1.53. The van der Waals surface area contributed by atoms with Crippen LogP contribution in [0.5, 0.6) is 0 Å². The zero-order valence-corrected chi connectivity index (χ0v) is 69.3. The first-order chi connectivity index (χ1) is 59.7. The van der Waals surface area contributed by atoms with Gasteiger partial charge in [-0.2, -0.15) is 0 Å². The quantitative estimate of drug-likeness (QED) is 0.107. The van der Waals surface area contributed by atoms with Gasteiger partial charge in [0.1, 0.15) is 0 Å². The maximum atomic E-state index is 2.53. The Labute approximate surface area is 715 Å². The Hall–Kier alpha value is -14.7. The van der Waals surface area contributed by atoms with Crippen molar-refractivity contribution >= 4 is 55.7 Å². The zero-order valence-electron chi connectivity index (χ0n) is 69.3. The first kappa shape index (κ1) is 72.5. The number of rotatable bonds is 14. The van der Waals surface area contributed by atoms with Crippen LogP contribution in [0.15, 0.2) is 425 Å². The molecule has 0 fully saturated rings. The maximum Gasteiger partial charge on any atom is 0.0714 e. The van der Waals surface area contributed by atoms with E-state index in [-0.39, 0.29) is 16.2 Å². The first-order valence-electron chi connectivity index (χ1n) is 43.0. The fourth-order valence-corrected chi connectivity index (χ4v) is 21.8. The van der Waals surface area contributed by atoms with Crippen molar-refractivity contribution in [2.45, 2.75) is 63.2 Å². The zero-order chi connectivity index (χ0) is 81.7. The molecule has 0 saturated carbocycles. The summed E-state index contributed by atoms with van der Waals surface area (Å²) in [6.45, 7) is 14.2. The fourth-order valence-electron chi connectivity index (χ4n) is 21.8. The lowest BCUT2D eigenvalue weighted by Gasteiger charge is -2.35. The van der Waals surface area contributed by atoms with E-state index in [0.717, 1.165) is 50.8 Å². The maximum absolute atomic E-state index is 2.53. The van der Waals surface area contributed by atoms with Crippen LogP contribution < -0.4 is 9.80 Å². The topological polar surface area (TPSA) is 6.48 Å². The first-order valence-corrected chi connectivity index (χ1v) is 43.0. The second-order valence-electron chi connectivity index (χ2n) is 35.4. The summed E-state index contributed by atoms with van der Waals surface area (Å²) in [6, 6.07) is 160. The van der Waals surface area contributed by atoms with Gasteiger partial charge in [-0.1, -0.05) is 375 Å². The molecule has 0 N–H and O–H groups in total. The summed E-state index contributed by atoms with van der Waals surface area (Å²) in [5.74, 6) is 0. The summed E-state index contributed by atoms with van der Waals surface area (Å²) < 4.78 is 0. The number of hydrogen-bond acceptors (Lipinski definition) is 2. The van der Waals surface area contributed by atoms with Crippen LogP contribution in [0.4, 0.5) is 34.1 Å². The molecule has 19 aromatic carbocycles. The lowest BCUT2D eigenvalue weighted by molar-refractivity contribution is 0.660. The van der Waals surface area contributed by atoms with E-state index >= 15 is 0 Å². The van der Waals surface area contributed by atoms with Gasteiger partial charge < -0.3 is 9.80 Å². The van der Waals surface area contributed by atoms with E-state index < -0.39 is 5.41 Å². The molecular formula is C120H88N2.